The molecular weight excluding hydrogens is 312 g/mol. The number of hydrogen-bond donors (Lipinski definition) is 1. The number of nitrogens with one attached hydrogen (secondary N) is 1. The van der Waals surface area contributed by atoms with E-state index in [4.69, 9.17) is 0 Å². The van der Waals surface area contributed by atoms with E-state index < -0.39 is 0 Å². The summed E-state index contributed by atoms with van der Waals surface area (Å²) in [6.45, 7) is 6.49. The maximum absolute atomic E-state index is 4.60. The van der Waals surface area contributed by atoms with Gasteiger partial charge in [-0.2, -0.15) is 0 Å². The molecule has 1 aromatic heterocycles. The summed E-state index contributed by atoms with van der Waals surface area (Å²) in [5.41, 5.74) is 2.67. The third-order valence-corrected chi connectivity index (χ3v) is 6.56. The molecule has 0 aliphatic heterocycles. The molecule has 0 radical (unpaired) electrons. The van der Waals surface area contributed by atoms with Crippen molar-refractivity contribution in [2.45, 2.75) is 39.2 Å². The van der Waals surface area contributed by atoms with Gasteiger partial charge in [0.15, 0.2) is 0 Å². The monoisotopic (exact) mass is 338 g/mol. The number of benzene rings is 1. The Morgan fingerprint density at radius 3 is 2.67 bits per heavy atom. The third-order valence-electron chi connectivity index (χ3n) is 5.51. The molecule has 2 aliphatic carbocycles. The number of thiazole rings is 1. The van der Waals surface area contributed by atoms with E-state index in [1.54, 1.807) is 0 Å². The van der Waals surface area contributed by atoms with Gasteiger partial charge < -0.3 is 5.32 Å². The Morgan fingerprint density at radius 1 is 1.17 bits per heavy atom. The molecule has 2 bridgehead atoms. The van der Waals surface area contributed by atoms with Gasteiger partial charge in [-0.3, -0.25) is 0 Å². The largest absolute Gasteiger partial charge is 0.310 e. The zero-order valence-corrected chi connectivity index (χ0v) is 15.4. The van der Waals surface area contributed by atoms with E-state index in [-0.39, 0.29) is 0 Å². The van der Waals surface area contributed by atoms with Crippen molar-refractivity contribution < 1.29 is 0 Å². The molecule has 2 nitrogen and oxygen atoms in total. The zero-order chi connectivity index (χ0) is 16.5. The normalized spacial score (nSPS) is 25.0. The minimum atomic E-state index is 0.584. The standard InChI is InChI=1S/C21H26N2S/c1-14(2)16-5-7-17(8-6-16)20-12-23-21(24-20)13-22-11-19-10-15-3-4-18(19)9-15/h3-8,12,14-15,18-19,22H,9-11,13H2,1-2H3. The lowest BCUT2D eigenvalue weighted by Crippen LogP contribution is -2.24. The molecule has 2 aliphatic rings. The van der Waals surface area contributed by atoms with Gasteiger partial charge in [0, 0.05) is 12.7 Å². The van der Waals surface area contributed by atoms with Crippen LogP contribution in [0.3, 0.4) is 0 Å². The number of fused-ring (bicyclic) bond motifs is 2. The molecule has 3 heteroatoms. The average Bonchev–Trinajstić information content (AvgIpc) is 3.31. The van der Waals surface area contributed by atoms with Crippen molar-refractivity contribution in [2.24, 2.45) is 17.8 Å². The predicted octanol–water partition coefficient (Wildman–Crippen LogP) is 5.24. The van der Waals surface area contributed by atoms with Crippen LogP contribution in [0.15, 0.2) is 42.6 Å². The molecule has 1 aromatic carbocycles. The van der Waals surface area contributed by atoms with E-state index in [1.165, 1.54) is 33.9 Å². The zero-order valence-electron chi connectivity index (χ0n) is 14.5. The van der Waals surface area contributed by atoms with Crippen LogP contribution in [-0.2, 0) is 6.54 Å². The van der Waals surface area contributed by atoms with Crippen molar-refractivity contribution in [1.82, 2.24) is 10.3 Å². The molecule has 24 heavy (non-hydrogen) atoms. The van der Waals surface area contributed by atoms with Crippen molar-refractivity contribution in [3.63, 3.8) is 0 Å². The van der Waals surface area contributed by atoms with Crippen LogP contribution in [0.4, 0.5) is 0 Å². The lowest BCUT2D eigenvalue weighted by molar-refractivity contribution is 0.414. The van der Waals surface area contributed by atoms with Gasteiger partial charge in [-0.05, 0) is 54.2 Å². The van der Waals surface area contributed by atoms with Crippen molar-refractivity contribution >= 4 is 11.3 Å². The van der Waals surface area contributed by atoms with Gasteiger partial charge in [0.1, 0.15) is 5.01 Å². The number of nitrogens with zero attached hydrogens (tertiary/aromatic N) is 1. The van der Waals surface area contributed by atoms with Crippen molar-refractivity contribution in [1.29, 1.82) is 0 Å². The summed E-state index contributed by atoms with van der Waals surface area (Å²) >= 11 is 1.81. The van der Waals surface area contributed by atoms with Crippen LogP contribution >= 0.6 is 11.3 Å². The summed E-state index contributed by atoms with van der Waals surface area (Å²) in [6.07, 6.45) is 9.63. The predicted molar refractivity (Wildman–Crippen MR) is 102 cm³/mol. The Hall–Kier alpha value is -1.45. The molecule has 1 saturated carbocycles. The van der Waals surface area contributed by atoms with E-state index in [0.717, 1.165) is 30.8 Å². The maximum Gasteiger partial charge on any atom is 0.107 e. The number of allylic oxidation sites excluding steroid dienone is 2. The second-order valence-electron chi connectivity index (χ2n) is 7.57. The summed E-state index contributed by atoms with van der Waals surface area (Å²) in [5, 5.41) is 4.82. The van der Waals surface area contributed by atoms with Gasteiger partial charge in [0.05, 0.1) is 4.88 Å². The second-order valence-corrected chi connectivity index (χ2v) is 8.68. The van der Waals surface area contributed by atoms with Crippen molar-refractivity contribution in [2.75, 3.05) is 6.54 Å². The molecule has 1 heterocycles. The Labute approximate surface area is 149 Å². The van der Waals surface area contributed by atoms with Gasteiger partial charge in [0.25, 0.3) is 0 Å². The Kier molecular flexibility index (Phi) is 4.55. The Balaban J connectivity index is 1.32. The summed E-state index contributed by atoms with van der Waals surface area (Å²) in [7, 11) is 0. The third kappa shape index (κ3) is 3.33. The highest BCUT2D eigenvalue weighted by molar-refractivity contribution is 7.15. The fraction of sp³-hybridized carbons (Fsp3) is 0.476. The van der Waals surface area contributed by atoms with E-state index in [0.29, 0.717) is 5.92 Å². The smallest absolute Gasteiger partial charge is 0.107 e. The van der Waals surface area contributed by atoms with E-state index in [1.807, 2.05) is 17.5 Å². The minimum absolute atomic E-state index is 0.584. The van der Waals surface area contributed by atoms with Crippen LogP contribution in [0.1, 0.15) is 43.2 Å². The van der Waals surface area contributed by atoms with Crippen LogP contribution in [-0.4, -0.2) is 11.5 Å². The molecular formula is C21H26N2S. The van der Waals surface area contributed by atoms with Gasteiger partial charge in [-0.15, -0.1) is 11.3 Å². The van der Waals surface area contributed by atoms with Gasteiger partial charge >= 0.3 is 0 Å². The molecule has 126 valence electrons. The number of aromatic nitrogens is 1. The highest BCUT2D eigenvalue weighted by Gasteiger charge is 2.34. The second kappa shape index (κ2) is 6.81. The molecule has 4 rings (SSSR count). The van der Waals surface area contributed by atoms with Crippen molar-refractivity contribution in [3.8, 4) is 10.4 Å². The molecule has 0 amide bonds. The van der Waals surface area contributed by atoms with Crippen LogP contribution in [0.5, 0.6) is 0 Å². The fourth-order valence-electron chi connectivity index (χ4n) is 4.05. The summed E-state index contributed by atoms with van der Waals surface area (Å²) in [4.78, 5) is 5.87. The first-order valence-corrected chi connectivity index (χ1v) is 9.95. The first-order valence-electron chi connectivity index (χ1n) is 9.13. The summed E-state index contributed by atoms with van der Waals surface area (Å²) in [6, 6.07) is 8.92. The fourth-order valence-corrected chi connectivity index (χ4v) is 4.94. The number of hydrogen-bond acceptors (Lipinski definition) is 3. The topological polar surface area (TPSA) is 24.9 Å². The molecule has 1 N–H and O–H groups in total. The SMILES string of the molecule is CC(C)c1ccc(-c2cnc(CNCC3CC4C=CC3C4)s2)cc1. The van der Waals surface area contributed by atoms with Gasteiger partial charge in [-0.25, -0.2) is 4.98 Å². The summed E-state index contributed by atoms with van der Waals surface area (Å²) in [5.74, 6) is 3.11. The molecule has 0 spiro atoms. The highest BCUT2D eigenvalue weighted by atomic mass is 32.1. The van der Waals surface area contributed by atoms with E-state index >= 15 is 0 Å². The van der Waals surface area contributed by atoms with Crippen LogP contribution in [0, 0.1) is 17.8 Å². The van der Waals surface area contributed by atoms with Crippen LogP contribution in [0.25, 0.3) is 10.4 Å². The molecule has 3 atom stereocenters. The minimum Gasteiger partial charge on any atom is -0.310 e. The molecule has 0 saturated heterocycles. The van der Waals surface area contributed by atoms with Crippen LogP contribution < -0.4 is 5.32 Å². The number of rotatable bonds is 6. The first-order chi connectivity index (χ1) is 11.7. The molecule has 2 aromatic rings. The van der Waals surface area contributed by atoms with Gasteiger partial charge in [-0.1, -0.05) is 50.3 Å². The van der Waals surface area contributed by atoms with Gasteiger partial charge in [0.2, 0.25) is 0 Å². The Bertz CT molecular complexity index is 714. The molecule has 3 unspecified atom stereocenters. The lowest BCUT2D eigenvalue weighted by atomic mass is 9.94. The van der Waals surface area contributed by atoms with Crippen LogP contribution in [0.2, 0.25) is 0 Å². The maximum atomic E-state index is 4.60. The van der Waals surface area contributed by atoms with E-state index in [2.05, 4.69) is 60.6 Å². The Morgan fingerprint density at radius 2 is 2.00 bits per heavy atom. The average molecular weight is 339 g/mol. The highest BCUT2D eigenvalue weighted by Crippen LogP contribution is 2.43. The molecule has 1 fully saturated rings. The quantitative estimate of drug-likeness (QED) is 0.729. The lowest BCUT2D eigenvalue weighted by Gasteiger charge is -2.18. The summed E-state index contributed by atoms with van der Waals surface area (Å²) < 4.78 is 0. The van der Waals surface area contributed by atoms with Crippen molar-refractivity contribution in [3.05, 3.63) is 53.2 Å². The first kappa shape index (κ1) is 16.0. The van der Waals surface area contributed by atoms with E-state index in [9.17, 15) is 0 Å².